The third-order valence-corrected chi connectivity index (χ3v) is 2.57. The maximum absolute atomic E-state index is 11.7. The number of aliphatic hydroxyl groups excluding tert-OH is 1. The Hall–Kier alpha value is -0.570. The minimum absolute atomic E-state index is 0.186. The first-order valence-corrected chi connectivity index (χ1v) is 5.45. The van der Waals surface area contributed by atoms with E-state index < -0.39 is 0 Å². The molecule has 0 saturated carbocycles. The third kappa shape index (κ3) is 3.29. The summed E-state index contributed by atoms with van der Waals surface area (Å²) < 4.78 is 0. The van der Waals surface area contributed by atoms with Crippen molar-refractivity contribution in [3.8, 4) is 0 Å². The van der Waals surface area contributed by atoms with Gasteiger partial charge in [-0.3, -0.25) is 4.79 Å². The van der Waals surface area contributed by atoms with Crippen molar-refractivity contribution < 1.29 is 9.90 Å². The molecular formula is C11H21NO2. The molecule has 0 aromatic heterocycles. The highest BCUT2D eigenvalue weighted by Gasteiger charge is 2.26. The van der Waals surface area contributed by atoms with Crippen LogP contribution >= 0.6 is 0 Å². The second kappa shape index (κ2) is 4.78. The monoisotopic (exact) mass is 199 g/mol. The molecule has 0 aromatic carbocycles. The quantitative estimate of drug-likeness (QED) is 0.727. The second-order valence-corrected chi connectivity index (χ2v) is 4.89. The molecule has 1 saturated heterocycles. The second-order valence-electron chi connectivity index (χ2n) is 4.89. The molecule has 0 radical (unpaired) electrons. The molecule has 0 spiro atoms. The molecule has 1 amide bonds. The topological polar surface area (TPSA) is 40.5 Å². The van der Waals surface area contributed by atoms with E-state index >= 15 is 0 Å². The predicted molar refractivity (Wildman–Crippen MR) is 55.8 cm³/mol. The Bertz CT molecular complexity index is 193. The fourth-order valence-electron chi connectivity index (χ4n) is 2.00. The number of hydrogen-bond donors (Lipinski definition) is 1. The van der Waals surface area contributed by atoms with E-state index in [1.165, 1.54) is 0 Å². The lowest BCUT2D eigenvalue weighted by atomic mass is 9.97. The first-order chi connectivity index (χ1) is 6.49. The van der Waals surface area contributed by atoms with Crippen LogP contribution in [0.4, 0.5) is 0 Å². The van der Waals surface area contributed by atoms with Crippen molar-refractivity contribution in [3.63, 3.8) is 0 Å². The summed E-state index contributed by atoms with van der Waals surface area (Å²) in [6.45, 7) is 7.50. The minimum atomic E-state index is -0.324. The van der Waals surface area contributed by atoms with Gasteiger partial charge in [-0.2, -0.15) is 0 Å². The molecule has 1 N–H and O–H groups in total. The average molecular weight is 199 g/mol. The number of β-amino-alcohol motifs (C(OH)–C–C–N with tert-alkyl or cyclic N) is 1. The lowest BCUT2D eigenvalue weighted by Gasteiger charge is -2.34. The van der Waals surface area contributed by atoms with E-state index in [4.69, 9.17) is 0 Å². The summed E-state index contributed by atoms with van der Waals surface area (Å²) in [6, 6.07) is 0. The van der Waals surface area contributed by atoms with E-state index in [0.29, 0.717) is 24.8 Å². The number of rotatable bonds is 2. The number of hydrogen-bond acceptors (Lipinski definition) is 2. The van der Waals surface area contributed by atoms with Crippen molar-refractivity contribution in [1.82, 2.24) is 4.90 Å². The standard InChI is InChI=1S/C11H21NO2/c1-8(2)4-11(14)12-6-9(3)5-10(13)7-12/h8-10,13H,4-7H2,1-3H3. The molecule has 0 aromatic rings. The van der Waals surface area contributed by atoms with E-state index in [9.17, 15) is 9.90 Å². The van der Waals surface area contributed by atoms with Gasteiger partial charge in [0.2, 0.25) is 5.91 Å². The van der Waals surface area contributed by atoms with Crippen LogP contribution in [0.1, 0.15) is 33.6 Å². The van der Waals surface area contributed by atoms with Crippen molar-refractivity contribution in [2.24, 2.45) is 11.8 Å². The molecule has 1 aliphatic heterocycles. The van der Waals surface area contributed by atoms with Gasteiger partial charge in [0.25, 0.3) is 0 Å². The molecule has 2 unspecified atom stereocenters. The molecule has 3 nitrogen and oxygen atoms in total. The van der Waals surface area contributed by atoms with Crippen LogP contribution in [-0.4, -0.2) is 35.1 Å². The van der Waals surface area contributed by atoms with Gasteiger partial charge in [-0.05, 0) is 18.3 Å². The SMILES string of the molecule is CC(C)CC(=O)N1CC(C)CC(O)C1. The normalized spacial score (nSPS) is 28.2. The van der Waals surface area contributed by atoms with Crippen LogP contribution in [0.5, 0.6) is 0 Å². The Balaban J connectivity index is 2.46. The minimum Gasteiger partial charge on any atom is -0.391 e. The molecule has 3 heteroatoms. The summed E-state index contributed by atoms with van der Waals surface area (Å²) in [5.41, 5.74) is 0. The Labute approximate surface area is 86.1 Å². The number of piperidine rings is 1. The Kier molecular flexibility index (Phi) is 3.93. The van der Waals surface area contributed by atoms with E-state index in [-0.39, 0.29) is 12.0 Å². The van der Waals surface area contributed by atoms with E-state index in [1.54, 1.807) is 4.90 Å². The third-order valence-electron chi connectivity index (χ3n) is 2.57. The van der Waals surface area contributed by atoms with Crippen LogP contribution in [0.25, 0.3) is 0 Å². The van der Waals surface area contributed by atoms with Gasteiger partial charge in [0.05, 0.1) is 6.10 Å². The summed E-state index contributed by atoms with van der Waals surface area (Å²) in [5, 5.41) is 9.54. The molecule has 82 valence electrons. The van der Waals surface area contributed by atoms with Crippen LogP contribution in [0.3, 0.4) is 0 Å². The van der Waals surface area contributed by atoms with Crippen LogP contribution in [0, 0.1) is 11.8 Å². The number of carbonyl (C=O) groups excluding carboxylic acids is 1. The van der Waals surface area contributed by atoms with Crippen molar-refractivity contribution >= 4 is 5.91 Å². The fraction of sp³-hybridized carbons (Fsp3) is 0.909. The maximum Gasteiger partial charge on any atom is 0.222 e. The zero-order valence-corrected chi connectivity index (χ0v) is 9.36. The number of amides is 1. The van der Waals surface area contributed by atoms with Gasteiger partial charge in [-0.15, -0.1) is 0 Å². The molecule has 2 atom stereocenters. The van der Waals surface area contributed by atoms with Gasteiger partial charge in [-0.25, -0.2) is 0 Å². The highest BCUT2D eigenvalue weighted by Crippen LogP contribution is 2.17. The Morgan fingerprint density at radius 2 is 2.14 bits per heavy atom. The highest BCUT2D eigenvalue weighted by atomic mass is 16.3. The van der Waals surface area contributed by atoms with Crippen LogP contribution in [0.2, 0.25) is 0 Å². The number of aliphatic hydroxyl groups is 1. The number of nitrogens with zero attached hydrogens (tertiary/aromatic N) is 1. The lowest BCUT2D eigenvalue weighted by Crippen LogP contribution is -2.45. The highest BCUT2D eigenvalue weighted by molar-refractivity contribution is 5.76. The molecule has 1 aliphatic rings. The molecule has 1 fully saturated rings. The average Bonchev–Trinajstić information content (AvgIpc) is 2.00. The fourth-order valence-corrected chi connectivity index (χ4v) is 2.00. The molecule has 14 heavy (non-hydrogen) atoms. The molecular weight excluding hydrogens is 178 g/mol. The zero-order valence-electron chi connectivity index (χ0n) is 9.36. The molecule has 0 bridgehead atoms. The van der Waals surface area contributed by atoms with Gasteiger partial charge in [0, 0.05) is 19.5 Å². The lowest BCUT2D eigenvalue weighted by molar-refractivity contribution is -0.136. The molecule has 1 heterocycles. The molecule has 1 rings (SSSR count). The van der Waals surface area contributed by atoms with E-state index in [2.05, 4.69) is 6.92 Å². The van der Waals surface area contributed by atoms with Gasteiger partial charge < -0.3 is 10.0 Å². The first-order valence-electron chi connectivity index (χ1n) is 5.45. The van der Waals surface area contributed by atoms with Crippen LogP contribution in [-0.2, 0) is 4.79 Å². The van der Waals surface area contributed by atoms with Gasteiger partial charge in [-0.1, -0.05) is 20.8 Å². The summed E-state index contributed by atoms with van der Waals surface area (Å²) in [7, 11) is 0. The van der Waals surface area contributed by atoms with Crippen molar-refractivity contribution in [2.75, 3.05) is 13.1 Å². The van der Waals surface area contributed by atoms with Gasteiger partial charge >= 0.3 is 0 Å². The van der Waals surface area contributed by atoms with Gasteiger partial charge in [0.15, 0.2) is 0 Å². The first kappa shape index (κ1) is 11.5. The smallest absolute Gasteiger partial charge is 0.222 e. The number of likely N-dealkylation sites (tertiary alicyclic amines) is 1. The summed E-state index contributed by atoms with van der Waals surface area (Å²) >= 11 is 0. The van der Waals surface area contributed by atoms with Gasteiger partial charge in [0.1, 0.15) is 0 Å². The number of carbonyl (C=O) groups is 1. The van der Waals surface area contributed by atoms with Crippen molar-refractivity contribution in [1.29, 1.82) is 0 Å². The molecule has 0 aliphatic carbocycles. The maximum atomic E-state index is 11.7. The largest absolute Gasteiger partial charge is 0.391 e. The predicted octanol–water partition coefficient (Wildman–Crippen LogP) is 1.26. The summed E-state index contributed by atoms with van der Waals surface area (Å²) in [5.74, 6) is 1.01. The van der Waals surface area contributed by atoms with E-state index in [1.807, 2.05) is 13.8 Å². The summed E-state index contributed by atoms with van der Waals surface area (Å²) in [4.78, 5) is 13.5. The van der Waals surface area contributed by atoms with E-state index in [0.717, 1.165) is 13.0 Å². The summed E-state index contributed by atoms with van der Waals surface area (Å²) in [6.07, 6.45) is 1.10. The Morgan fingerprint density at radius 1 is 1.50 bits per heavy atom. The van der Waals surface area contributed by atoms with Crippen LogP contribution < -0.4 is 0 Å². The zero-order chi connectivity index (χ0) is 10.7. The van der Waals surface area contributed by atoms with Crippen molar-refractivity contribution in [2.45, 2.75) is 39.7 Å². The van der Waals surface area contributed by atoms with Crippen LogP contribution in [0.15, 0.2) is 0 Å². The van der Waals surface area contributed by atoms with Crippen molar-refractivity contribution in [3.05, 3.63) is 0 Å². The Morgan fingerprint density at radius 3 is 2.64 bits per heavy atom.